The Morgan fingerprint density at radius 2 is 1.88 bits per heavy atom. The third-order valence-electron chi connectivity index (χ3n) is 6.03. The molecule has 9 heteroatoms. The lowest BCUT2D eigenvalue weighted by molar-refractivity contribution is -0.384. The van der Waals surface area contributed by atoms with E-state index in [9.17, 15) is 19.7 Å². The van der Waals surface area contributed by atoms with Crippen LogP contribution in [-0.4, -0.2) is 40.2 Å². The van der Waals surface area contributed by atoms with Gasteiger partial charge < -0.3 is 9.64 Å². The zero-order chi connectivity index (χ0) is 23.7. The predicted molar refractivity (Wildman–Crippen MR) is 122 cm³/mol. The molecule has 0 aliphatic carbocycles. The van der Waals surface area contributed by atoms with Crippen LogP contribution in [0.3, 0.4) is 0 Å². The monoisotopic (exact) mass is 448 g/mol. The van der Waals surface area contributed by atoms with Gasteiger partial charge in [-0.1, -0.05) is 6.07 Å². The van der Waals surface area contributed by atoms with Crippen molar-refractivity contribution in [1.82, 2.24) is 9.78 Å². The molecule has 0 saturated carbocycles. The standard InChI is InChI=1S/C24H24N4O5/c1-15-21(10-11-23(29)33-3)16(2)27(25-15)19-7-5-18(6-8-19)24(30)26-13-12-17-4-9-20(28(31)32)14-22(17)26/h4-9,14H,10-13H2,1-3H3. The lowest BCUT2D eigenvalue weighted by Crippen LogP contribution is -2.28. The molecule has 2 aromatic carbocycles. The number of non-ortho nitro benzene ring substituents is 1. The molecule has 0 spiro atoms. The topological polar surface area (TPSA) is 108 Å². The highest BCUT2D eigenvalue weighted by molar-refractivity contribution is 6.07. The van der Waals surface area contributed by atoms with Gasteiger partial charge in [-0.3, -0.25) is 19.7 Å². The zero-order valence-electron chi connectivity index (χ0n) is 18.7. The van der Waals surface area contributed by atoms with Gasteiger partial charge in [-0.15, -0.1) is 0 Å². The number of nitro benzene ring substituents is 1. The zero-order valence-corrected chi connectivity index (χ0v) is 18.7. The fourth-order valence-corrected chi connectivity index (χ4v) is 4.21. The Balaban J connectivity index is 1.56. The molecule has 1 aromatic heterocycles. The number of rotatable bonds is 6. The molecule has 1 aliphatic rings. The van der Waals surface area contributed by atoms with Gasteiger partial charge in [-0.25, -0.2) is 4.68 Å². The van der Waals surface area contributed by atoms with Gasteiger partial charge in [-0.05, 0) is 62.1 Å². The average molecular weight is 448 g/mol. The number of aryl methyl sites for hydroxylation is 1. The lowest BCUT2D eigenvalue weighted by atomic mass is 10.1. The Bertz CT molecular complexity index is 1250. The molecule has 0 N–H and O–H groups in total. The summed E-state index contributed by atoms with van der Waals surface area (Å²) in [4.78, 5) is 36.9. The number of amides is 1. The lowest BCUT2D eigenvalue weighted by Gasteiger charge is -2.17. The number of ether oxygens (including phenoxy) is 1. The Morgan fingerprint density at radius 3 is 2.55 bits per heavy atom. The summed E-state index contributed by atoms with van der Waals surface area (Å²) in [6.45, 7) is 4.33. The van der Waals surface area contributed by atoms with E-state index >= 15 is 0 Å². The van der Waals surface area contributed by atoms with Gasteiger partial charge in [0.1, 0.15) is 0 Å². The number of esters is 1. The molecule has 9 nitrogen and oxygen atoms in total. The number of carbonyl (C=O) groups excluding carboxylic acids is 2. The first-order valence-electron chi connectivity index (χ1n) is 10.6. The van der Waals surface area contributed by atoms with Crippen LogP contribution in [0.2, 0.25) is 0 Å². The number of hydrogen-bond donors (Lipinski definition) is 0. The Hall–Kier alpha value is -4.01. The summed E-state index contributed by atoms with van der Waals surface area (Å²) in [5, 5.41) is 15.7. The number of methoxy groups -OCH3 is 1. The van der Waals surface area contributed by atoms with Crippen LogP contribution in [0, 0.1) is 24.0 Å². The van der Waals surface area contributed by atoms with E-state index < -0.39 is 4.92 Å². The number of fused-ring (bicyclic) bond motifs is 1. The van der Waals surface area contributed by atoms with Crippen LogP contribution in [0.1, 0.15) is 39.3 Å². The van der Waals surface area contributed by atoms with E-state index in [0.29, 0.717) is 30.6 Å². The van der Waals surface area contributed by atoms with E-state index in [1.807, 2.05) is 26.0 Å². The van der Waals surface area contributed by atoms with Crippen LogP contribution >= 0.6 is 0 Å². The highest BCUT2D eigenvalue weighted by Crippen LogP contribution is 2.33. The molecule has 1 amide bonds. The van der Waals surface area contributed by atoms with Gasteiger partial charge in [0.05, 0.1) is 29.1 Å². The number of hydrogen-bond acceptors (Lipinski definition) is 6. The quantitative estimate of drug-likeness (QED) is 0.323. The maximum Gasteiger partial charge on any atom is 0.305 e. The molecule has 4 rings (SSSR count). The minimum atomic E-state index is -0.454. The maximum atomic E-state index is 13.1. The number of anilines is 1. The summed E-state index contributed by atoms with van der Waals surface area (Å²) in [6, 6.07) is 11.7. The van der Waals surface area contributed by atoms with Crippen molar-refractivity contribution in [2.24, 2.45) is 0 Å². The fraction of sp³-hybridized carbons (Fsp3) is 0.292. The first-order valence-corrected chi connectivity index (χ1v) is 10.6. The Kier molecular flexibility index (Phi) is 5.95. The van der Waals surface area contributed by atoms with Crippen LogP contribution < -0.4 is 4.90 Å². The van der Waals surface area contributed by atoms with Gasteiger partial charge in [0.15, 0.2) is 0 Å². The number of carbonyl (C=O) groups is 2. The molecule has 3 aromatic rings. The fourth-order valence-electron chi connectivity index (χ4n) is 4.21. The third kappa shape index (κ3) is 4.21. The molecular weight excluding hydrogens is 424 g/mol. The van der Waals surface area contributed by atoms with E-state index in [2.05, 4.69) is 5.10 Å². The van der Waals surface area contributed by atoms with Crippen molar-refractivity contribution in [3.63, 3.8) is 0 Å². The van der Waals surface area contributed by atoms with Gasteiger partial charge in [0.25, 0.3) is 11.6 Å². The van der Waals surface area contributed by atoms with Crippen molar-refractivity contribution in [2.75, 3.05) is 18.6 Å². The summed E-state index contributed by atoms with van der Waals surface area (Å²) >= 11 is 0. The molecule has 0 saturated heterocycles. The largest absolute Gasteiger partial charge is 0.469 e. The van der Waals surface area contributed by atoms with Gasteiger partial charge >= 0.3 is 5.97 Å². The van der Waals surface area contributed by atoms with Crippen molar-refractivity contribution in [1.29, 1.82) is 0 Å². The second-order valence-corrected chi connectivity index (χ2v) is 7.96. The number of benzene rings is 2. The van der Waals surface area contributed by atoms with Crippen molar-refractivity contribution >= 4 is 23.3 Å². The van der Waals surface area contributed by atoms with Gasteiger partial charge in [0, 0.05) is 36.4 Å². The molecule has 0 unspecified atom stereocenters. The summed E-state index contributed by atoms with van der Waals surface area (Å²) in [6.07, 6.45) is 1.49. The van der Waals surface area contributed by atoms with Gasteiger partial charge in [-0.2, -0.15) is 5.10 Å². The summed E-state index contributed by atoms with van der Waals surface area (Å²) in [5.74, 6) is -0.467. The molecule has 170 valence electrons. The van der Waals surface area contributed by atoms with Crippen molar-refractivity contribution in [2.45, 2.75) is 33.1 Å². The van der Waals surface area contributed by atoms with Gasteiger partial charge in [0.2, 0.25) is 0 Å². The predicted octanol–water partition coefficient (Wildman–Crippen LogP) is 3.71. The first kappa shape index (κ1) is 22.2. The van der Waals surface area contributed by atoms with E-state index in [-0.39, 0.29) is 24.0 Å². The van der Waals surface area contributed by atoms with E-state index in [4.69, 9.17) is 4.74 Å². The van der Waals surface area contributed by atoms with E-state index in [1.54, 1.807) is 27.8 Å². The molecule has 2 heterocycles. The number of aromatic nitrogens is 2. The molecule has 33 heavy (non-hydrogen) atoms. The molecular formula is C24H24N4O5. The van der Waals surface area contributed by atoms with E-state index in [1.165, 1.54) is 19.2 Å². The van der Waals surface area contributed by atoms with Crippen LogP contribution in [-0.2, 0) is 22.4 Å². The Morgan fingerprint density at radius 1 is 1.15 bits per heavy atom. The van der Waals surface area contributed by atoms with E-state index in [0.717, 1.165) is 28.2 Å². The van der Waals surface area contributed by atoms with Crippen LogP contribution in [0.4, 0.5) is 11.4 Å². The van der Waals surface area contributed by atoms with Crippen molar-refractivity contribution in [3.05, 3.63) is 80.7 Å². The SMILES string of the molecule is COC(=O)CCc1c(C)nn(-c2ccc(C(=O)N3CCc4ccc([N+](=O)[O-])cc43)cc2)c1C. The number of nitro groups is 1. The molecule has 0 bridgehead atoms. The van der Waals surface area contributed by atoms with Crippen molar-refractivity contribution < 1.29 is 19.2 Å². The summed E-state index contributed by atoms with van der Waals surface area (Å²) in [5.41, 5.74) is 5.54. The van der Waals surface area contributed by atoms with Crippen LogP contribution in [0.15, 0.2) is 42.5 Å². The molecule has 0 fully saturated rings. The highest BCUT2D eigenvalue weighted by Gasteiger charge is 2.27. The average Bonchev–Trinajstić information content (AvgIpc) is 3.37. The minimum absolute atomic E-state index is 0.0312. The second kappa shape index (κ2) is 8.85. The molecule has 0 radical (unpaired) electrons. The second-order valence-electron chi connectivity index (χ2n) is 7.96. The minimum Gasteiger partial charge on any atom is -0.469 e. The Labute approximate surface area is 190 Å². The van der Waals surface area contributed by atoms with Crippen LogP contribution in [0.5, 0.6) is 0 Å². The summed E-state index contributed by atoms with van der Waals surface area (Å²) < 4.78 is 6.52. The summed E-state index contributed by atoms with van der Waals surface area (Å²) in [7, 11) is 1.37. The normalized spacial score (nSPS) is 12.5. The highest BCUT2D eigenvalue weighted by atomic mass is 16.6. The molecule has 0 atom stereocenters. The maximum absolute atomic E-state index is 13.1. The molecule has 1 aliphatic heterocycles. The first-order chi connectivity index (χ1) is 15.8. The smallest absolute Gasteiger partial charge is 0.305 e. The third-order valence-corrected chi connectivity index (χ3v) is 6.03. The number of nitrogens with zero attached hydrogens (tertiary/aromatic N) is 4. The van der Waals surface area contributed by atoms with Crippen LogP contribution in [0.25, 0.3) is 5.69 Å². The van der Waals surface area contributed by atoms with Crippen molar-refractivity contribution in [3.8, 4) is 5.69 Å².